The number of benzene rings is 1. The molecular weight excluding hydrogens is 206 g/mol. The zero-order valence-electron chi connectivity index (χ0n) is 11.4. The molecule has 94 valence electrons. The summed E-state index contributed by atoms with van der Waals surface area (Å²) in [6.45, 7) is 11.6. The van der Waals surface area contributed by atoms with Crippen molar-refractivity contribution < 1.29 is 0 Å². The zero-order chi connectivity index (χ0) is 13.1. The van der Waals surface area contributed by atoms with Gasteiger partial charge in [0.2, 0.25) is 0 Å². The first-order chi connectivity index (χ1) is 8.17. The third-order valence-electron chi connectivity index (χ3n) is 2.58. The predicted molar refractivity (Wildman–Crippen MR) is 79.6 cm³/mol. The van der Waals surface area contributed by atoms with Crippen molar-refractivity contribution in [2.45, 2.75) is 33.1 Å². The van der Waals surface area contributed by atoms with Crippen molar-refractivity contribution in [2.75, 3.05) is 12.4 Å². The summed E-state index contributed by atoms with van der Waals surface area (Å²) in [5.41, 5.74) is 3.83. The van der Waals surface area contributed by atoms with Gasteiger partial charge < -0.3 is 5.32 Å². The Morgan fingerprint density at radius 2 is 1.82 bits per heavy atom. The number of anilines is 1. The van der Waals surface area contributed by atoms with Crippen LogP contribution in [0.1, 0.15) is 32.3 Å². The molecule has 0 unspecified atom stereocenters. The molecule has 1 heteroatoms. The van der Waals surface area contributed by atoms with Gasteiger partial charge in [0.15, 0.2) is 0 Å². The van der Waals surface area contributed by atoms with E-state index in [4.69, 9.17) is 0 Å². The third kappa shape index (κ3) is 7.40. The molecular formula is C16H25N. The maximum absolute atomic E-state index is 3.79. The van der Waals surface area contributed by atoms with Crippen molar-refractivity contribution in [1.29, 1.82) is 0 Å². The van der Waals surface area contributed by atoms with Gasteiger partial charge >= 0.3 is 0 Å². The first kappa shape index (κ1) is 15.5. The van der Waals surface area contributed by atoms with Gasteiger partial charge in [-0.3, -0.25) is 0 Å². The molecule has 0 heterocycles. The Hall–Kier alpha value is -1.50. The van der Waals surface area contributed by atoms with Crippen LogP contribution in [0.2, 0.25) is 0 Å². The summed E-state index contributed by atoms with van der Waals surface area (Å²) in [4.78, 5) is 0. The molecule has 0 aliphatic carbocycles. The second-order valence-electron chi connectivity index (χ2n) is 3.90. The van der Waals surface area contributed by atoms with Crippen LogP contribution in [0.3, 0.4) is 0 Å². The number of allylic oxidation sites excluding steroid dienone is 2. The van der Waals surface area contributed by atoms with Gasteiger partial charge in [-0.05, 0) is 37.0 Å². The predicted octanol–water partition coefficient (Wildman–Crippen LogP) is 4.82. The molecule has 1 nitrogen and oxygen atoms in total. The van der Waals surface area contributed by atoms with E-state index in [1.807, 2.05) is 13.1 Å². The topological polar surface area (TPSA) is 12.0 Å². The first-order valence-electron chi connectivity index (χ1n) is 6.22. The number of nitrogens with one attached hydrogen (secondary N) is 1. The highest BCUT2D eigenvalue weighted by molar-refractivity contribution is 5.43. The monoisotopic (exact) mass is 231 g/mol. The summed E-state index contributed by atoms with van der Waals surface area (Å²) in [5.74, 6) is 0. The van der Waals surface area contributed by atoms with Crippen molar-refractivity contribution in [2.24, 2.45) is 0 Å². The highest BCUT2D eigenvalue weighted by atomic mass is 14.8. The molecule has 1 aromatic rings. The molecule has 1 rings (SSSR count). The Morgan fingerprint density at radius 1 is 1.24 bits per heavy atom. The van der Waals surface area contributed by atoms with Gasteiger partial charge in [0.05, 0.1) is 0 Å². The van der Waals surface area contributed by atoms with Crippen molar-refractivity contribution >= 4 is 5.69 Å². The fraction of sp³-hybridized carbons (Fsp3) is 0.375. The smallest absolute Gasteiger partial charge is 0.0337 e. The van der Waals surface area contributed by atoms with E-state index in [-0.39, 0.29) is 0 Å². The van der Waals surface area contributed by atoms with E-state index in [1.54, 1.807) is 0 Å². The van der Waals surface area contributed by atoms with Gasteiger partial charge in [-0.15, -0.1) is 6.58 Å². The highest BCUT2D eigenvalue weighted by Crippen LogP contribution is 2.08. The SMILES string of the molecule is C=CCC(=C)CC.CCc1ccc(NC)cc1. The molecule has 0 radical (unpaired) electrons. The van der Waals surface area contributed by atoms with Crippen LogP contribution in [0.15, 0.2) is 49.1 Å². The molecule has 0 fully saturated rings. The highest BCUT2D eigenvalue weighted by Gasteiger charge is 1.87. The molecule has 1 N–H and O–H groups in total. The maximum atomic E-state index is 3.79. The Bertz CT molecular complexity index is 299. The molecule has 0 aliphatic heterocycles. The van der Waals surface area contributed by atoms with Gasteiger partial charge in [0.25, 0.3) is 0 Å². The molecule has 0 aromatic heterocycles. The third-order valence-corrected chi connectivity index (χ3v) is 2.58. The van der Waals surface area contributed by atoms with Crippen molar-refractivity contribution in [3.63, 3.8) is 0 Å². The molecule has 0 atom stereocenters. The lowest BCUT2D eigenvalue weighted by Crippen LogP contribution is -1.87. The Morgan fingerprint density at radius 3 is 2.12 bits per heavy atom. The zero-order valence-corrected chi connectivity index (χ0v) is 11.4. The fourth-order valence-electron chi connectivity index (χ4n) is 1.26. The van der Waals surface area contributed by atoms with E-state index < -0.39 is 0 Å². The first-order valence-corrected chi connectivity index (χ1v) is 6.22. The molecule has 0 saturated heterocycles. The number of hydrogen-bond acceptors (Lipinski definition) is 1. The standard InChI is InChI=1S/C9H13N.C7H12/c1-3-8-4-6-9(10-2)7-5-8;1-4-6-7(3)5-2/h4-7,10H,3H2,1-2H3;4H,1,3,5-6H2,2H3. The second kappa shape index (κ2) is 9.71. The lowest BCUT2D eigenvalue weighted by Gasteiger charge is -1.99. The van der Waals surface area contributed by atoms with Crippen molar-refractivity contribution in [1.82, 2.24) is 0 Å². The maximum Gasteiger partial charge on any atom is 0.0337 e. The van der Waals surface area contributed by atoms with Crippen LogP contribution in [-0.2, 0) is 6.42 Å². The van der Waals surface area contributed by atoms with Gasteiger partial charge in [0, 0.05) is 12.7 Å². The van der Waals surface area contributed by atoms with Crippen LogP contribution in [0.25, 0.3) is 0 Å². The van der Waals surface area contributed by atoms with Crippen LogP contribution in [0, 0.1) is 0 Å². The normalized spacial score (nSPS) is 8.88. The van der Waals surface area contributed by atoms with Gasteiger partial charge in [-0.1, -0.05) is 44.2 Å². The molecule has 0 bridgehead atoms. The van der Waals surface area contributed by atoms with Crippen LogP contribution >= 0.6 is 0 Å². The average molecular weight is 231 g/mol. The largest absolute Gasteiger partial charge is 0.388 e. The molecule has 17 heavy (non-hydrogen) atoms. The van der Waals surface area contributed by atoms with Crippen LogP contribution in [0.4, 0.5) is 5.69 Å². The van der Waals surface area contributed by atoms with Gasteiger partial charge in [-0.2, -0.15) is 0 Å². The summed E-state index contributed by atoms with van der Waals surface area (Å²) in [6.07, 6.45) is 5.04. The minimum atomic E-state index is 0.969. The number of aryl methyl sites for hydroxylation is 1. The molecule has 0 amide bonds. The van der Waals surface area contributed by atoms with Crippen LogP contribution in [0.5, 0.6) is 0 Å². The lowest BCUT2D eigenvalue weighted by molar-refractivity contribution is 1.04. The van der Waals surface area contributed by atoms with E-state index >= 15 is 0 Å². The summed E-state index contributed by atoms with van der Waals surface area (Å²) in [7, 11) is 1.93. The molecule has 0 aliphatic rings. The summed E-state index contributed by atoms with van der Waals surface area (Å²) < 4.78 is 0. The van der Waals surface area contributed by atoms with Crippen LogP contribution < -0.4 is 5.32 Å². The van der Waals surface area contributed by atoms with Crippen molar-refractivity contribution in [3.05, 3.63) is 54.6 Å². The van der Waals surface area contributed by atoms with E-state index in [1.165, 1.54) is 16.8 Å². The summed E-state index contributed by atoms with van der Waals surface area (Å²) >= 11 is 0. The minimum Gasteiger partial charge on any atom is -0.388 e. The molecule has 1 aromatic carbocycles. The second-order valence-corrected chi connectivity index (χ2v) is 3.90. The average Bonchev–Trinajstić information content (AvgIpc) is 2.39. The van der Waals surface area contributed by atoms with Crippen molar-refractivity contribution in [3.8, 4) is 0 Å². The summed E-state index contributed by atoms with van der Waals surface area (Å²) in [5, 5.41) is 3.08. The molecule has 0 spiro atoms. The van der Waals surface area contributed by atoms with Gasteiger partial charge in [-0.25, -0.2) is 0 Å². The lowest BCUT2D eigenvalue weighted by atomic mass is 10.1. The quantitative estimate of drug-likeness (QED) is 0.716. The van der Waals surface area contributed by atoms with Gasteiger partial charge in [0.1, 0.15) is 0 Å². The van der Waals surface area contributed by atoms with E-state index in [2.05, 4.69) is 56.6 Å². The Kier molecular flexibility index (Phi) is 8.85. The summed E-state index contributed by atoms with van der Waals surface area (Å²) in [6, 6.07) is 8.48. The number of hydrogen-bond donors (Lipinski definition) is 1. The van der Waals surface area contributed by atoms with E-state index in [9.17, 15) is 0 Å². The minimum absolute atomic E-state index is 0.969. The van der Waals surface area contributed by atoms with Crippen LogP contribution in [-0.4, -0.2) is 7.05 Å². The fourth-order valence-corrected chi connectivity index (χ4v) is 1.26. The Labute approximate surface area is 106 Å². The molecule has 0 saturated carbocycles. The Balaban J connectivity index is 0.000000325. The number of rotatable bonds is 5. The van der Waals surface area contributed by atoms with E-state index in [0.29, 0.717) is 0 Å². The van der Waals surface area contributed by atoms with E-state index in [0.717, 1.165) is 19.3 Å².